The summed E-state index contributed by atoms with van der Waals surface area (Å²) in [7, 11) is 0. The van der Waals surface area contributed by atoms with Crippen LogP contribution in [0.25, 0.3) is 6.08 Å². The van der Waals surface area contributed by atoms with Crippen molar-refractivity contribution in [3.63, 3.8) is 0 Å². The lowest BCUT2D eigenvalue weighted by atomic mass is 10.0. The van der Waals surface area contributed by atoms with Gasteiger partial charge >= 0.3 is 5.97 Å². The van der Waals surface area contributed by atoms with Crippen LogP contribution < -0.4 is 0 Å². The van der Waals surface area contributed by atoms with E-state index in [1.165, 1.54) is 4.90 Å². The number of hydrogen-bond donors (Lipinski definition) is 0. The van der Waals surface area contributed by atoms with Gasteiger partial charge in [-0.15, -0.1) is 0 Å². The molecular formula is C21H24N2O4. The van der Waals surface area contributed by atoms with E-state index in [0.717, 1.165) is 19.3 Å². The molecule has 1 aliphatic heterocycles. The molecule has 0 radical (unpaired) electrons. The zero-order valence-electron chi connectivity index (χ0n) is 15.6. The minimum atomic E-state index is -0.278. The van der Waals surface area contributed by atoms with Gasteiger partial charge in [-0.1, -0.05) is 31.0 Å². The van der Waals surface area contributed by atoms with Crippen molar-refractivity contribution in [2.75, 3.05) is 13.2 Å². The van der Waals surface area contributed by atoms with E-state index >= 15 is 0 Å². The summed E-state index contributed by atoms with van der Waals surface area (Å²) in [5.41, 5.74) is 1.55. The topological polar surface area (TPSA) is 87.5 Å². The Morgan fingerprint density at radius 3 is 2.70 bits per heavy atom. The maximum atomic E-state index is 12.5. The van der Waals surface area contributed by atoms with E-state index in [4.69, 9.17) is 10.00 Å². The molecule has 0 unspecified atom stereocenters. The molecule has 0 saturated carbocycles. The number of imide groups is 1. The van der Waals surface area contributed by atoms with E-state index in [1.54, 1.807) is 37.3 Å². The normalized spacial score (nSPS) is 15.3. The number of likely N-dealkylation sites (tertiary alicyclic amines) is 1. The quantitative estimate of drug-likeness (QED) is 0.289. The van der Waals surface area contributed by atoms with Gasteiger partial charge in [0.1, 0.15) is 0 Å². The molecule has 1 saturated heterocycles. The number of amides is 2. The molecule has 1 aromatic carbocycles. The molecule has 6 heteroatoms. The SMILES string of the molecule is CCOC(=O)CCCCCCN1C(=O)CC(=Cc2ccccc2C#N)C1=O. The largest absolute Gasteiger partial charge is 0.466 e. The summed E-state index contributed by atoms with van der Waals surface area (Å²) in [5.74, 6) is -0.665. The van der Waals surface area contributed by atoms with Gasteiger partial charge in [0.25, 0.3) is 5.91 Å². The standard InChI is InChI=1S/C21H24N2O4/c1-2-27-20(25)11-5-3-4-8-12-23-19(24)14-18(21(23)26)13-16-9-6-7-10-17(16)15-22/h6-7,9-10,13H,2-5,8,11-12,14H2,1H3. The molecule has 0 spiro atoms. The van der Waals surface area contributed by atoms with Gasteiger partial charge in [0.05, 0.1) is 24.7 Å². The van der Waals surface area contributed by atoms with Crippen LogP contribution in [0, 0.1) is 11.3 Å². The molecule has 2 rings (SSSR count). The summed E-state index contributed by atoms with van der Waals surface area (Å²) in [4.78, 5) is 37.2. The average molecular weight is 368 g/mol. The summed E-state index contributed by atoms with van der Waals surface area (Å²) < 4.78 is 4.87. The van der Waals surface area contributed by atoms with E-state index in [9.17, 15) is 14.4 Å². The fourth-order valence-corrected chi connectivity index (χ4v) is 3.00. The lowest BCUT2D eigenvalue weighted by Crippen LogP contribution is -2.30. The van der Waals surface area contributed by atoms with Crippen LogP contribution in [-0.4, -0.2) is 35.8 Å². The first-order valence-electron chi connectivity index (χ1n) is 9.26. The van der Waals surface area contributed by atoms with Gasteiger partial charge in [-0.25, -0.2) is 0 Å². The van der Waals surface area contributed by atoms with E-state index in [1.807, 2.05) is 0 Å². The fourth-order valence-electron chi connectivity index (χ4n) is 3.00. The van der Waals surface area contributed by atoms with Crippen LogP contribution in [0.15, 0.2) is 29.8 Å². The van der Waals surface area contributed by atoms with E-state index in [-0.39, 0.29) is 24.2 Å². The van der Waals surface area contributed by atoms with Gasteiger partial charge in [0, 0.05) is 18.5 Å². The number of carbonyl (C=O) groups excluding carboxylic acids is 3. The minimum absolute atomic E-state index is 0.0709. The third-order valence-electron chi connectivity index (χ3n) is 4.39. The number of esters is 1. The highest BCUT2D eigenvalue weighted by molar-refractivity contribution is 6.15. The zero-order valence-corrected chi connectivity index (χ0v) is 15.6. The first-order valence-corrected chi connectivity index (χ1v) is 9.26. The third-order valence-corrected chi connectivity index (χ3v) is 4.39. The summed E-state index contributed by atoms with van der Waals surface area (Å²) in [6.45, 7) is 2.56. The molecule has 142 valence electrons. The number of benzene rings is 1. The Hall–Kier alpha value is -2.94. The van der Waals surface area contributed by atoms with Crippen LogP contribution in [0.1, 0.15) is 56.6 Å². The Morgan fingerprint density at radius 1 is 1.22 bits per heavy atom. The molecule has 0 aliphatic carbocycles. The highest BCUT2D eigenvalue weighted by atomic mass is 16.5. The second kappa shape index (κ2) is 10.3. The Morgan fingerprint density at radius 2 is 1.96 bits per heavy atom. The van der Waals surface area contributed by atoms with Crippen molar-refractivity contribution >= 4 is 23.9 Å². The second-order valence-electron chi connectivity index (χ2n) is 6.37. The molecule has 1 aliphatic rings. The summed E-state index contributed by atoms with van der Waals surface area (Å²) in [6.07, 6.45) is 5.26. The lowest BCUT2D eigenvalue weighted by Gasteiger charge is -2.13. The first kappa shape index (κ1) is 20.4. The Balaban J connectivity index is 1.83. The fraction of sp³-hybridized carbons (Fsp3) is 0.429. The van der Waals surface area contributed by atoms with Crippen LogP contribution in [0.2, 0.25) is 0 Å². The Bertz CT molecular complexity index is 777. The number of ether oxygens (including phenoxy) is 1. The maximum Gasteiger partial charge on any atom is 0.305 e. The number of unbranched alkanes of at least 4 members (excludes halogenated alkanes) is 3. The summed E-state index contributed by atoms with van der Waals surface area (Å²) >= 11 is 0. The van der Waals surface area contributed by atoms with Gasteiger partial charge in [-0.2, -0.15) is 5.26 Å². The van der Waals surface area contributed by atoms with E-state index in [0.29, 0.717) is 42.7 Å². The predicted molar refractivity (Wildman–Crippen MR) is 100 cm³/mol. The minimum Gasteiger partial charge on any atom is -0.466 e. The molecule has 0 N–H and O–H groups in total. The van der Waals surface area contributed by atoms with Crippen molar-refractivity contribution in [2.24, 2.45) is 0 Å². The maximum absolute atomic E-state index is 12.5. The second-order valence-corrected chi connectivity index (χ2v) is 6.37. The van der Waals surface area contributed by atoms with E-state index in [2.05, 4.69) is 6.07 Å². The monoisotopic (exact) mass is 368 g/mol. The first-order chi connectivity index (χ1) is 13.1. The molecule has 1 heterocycles. The Labute approximate surface area is 159 Å². The summed E-state index contributed by atoms with van der Waals surface area (Å²) in [6, 6.07) is 9.09. The van der Waals surface area contributed by atoms with Gasteiger partial charge < -0.3 is 4.74 Å². The van der Waals surface area contributed by atoms with Crippen LogP contribution in [0.4, 0.5) is 0 Å². The lowest BCUT2D eigenvalue weighted by molar-refractivity contribution is -0.143. The van der Waals surface area contributed by atoms with Crippen LogP contribution in [-0.2, 0) is 19.1 Å². The third kappa shape index (κ3) is 5.78. The highest BCUT2D eigenvalue weighted by Crippen LogP contribution is 2.23. The van der Waals surface area contributed by atoms with Crippen molar-refractivity contribution < 1.29 is 19.1 Å². The van der Waals surface area contributed by atoms with Crippen molar-refractivity contribution in [1.82, 2.24) is 4.90 Å². The molecule has 1 aromatic rings. The average Bonchev–Trinajstić information content (AvgIpc) is 2.92. The number of rotatable bonds is 9. The predicted octanol–water partition coefficient (Wildman–Crippen LogP) is 3.21. The molecule has 1 fully saturated rings. The number of hydrogen-bond acceptors (Lipinski definition) is 5. The molecule has 0 aromatic heterocycles. The van der Waals surface area contributed by atoms with Crippen molar-refractivity contribution in [3.05, 3.63) is 41.0 Å². The van der Waals surface area contributed by atoms with Crippen molar-refractivity contribution in [3.8, 4) is 6.07 Å². The van der Waals surface area contributed by atoms with Crippen LogP contribution in [0.3, 0.4) is 0 Å². The number of nitriles is 1. The molecule has 2 amide bonds. The summed E-state index contributed by atoms with van der Waals surface area (Å²) in [5, 5.41) is 9.14. The van der Waals surface area contributed by atoms with E-state index < -0.39 is 0 Å². The van der Waals surface area contributed by atoms with Gasteiger partial charge in [0.2, 0.25) is 5.91 Å². The van der Waals surface area contributed by atoms with Crippen molar-refractivity contribution in [1.29, 1.82) is 5.26 Å². The molecular weight excluding hydrogens is 344 g/mol. The van der Waals surface area contributed by atoms with Gasteiger partial charge in [0.15, 0.2) is 0 Å². The number of carbonyl (C=O) groups is 3. The van der Waals surface area contributed by atoms with Crippen molar-refractivity contribution in [2.45, 2.75) is 45.4 Å². The molecule has 27 heavy (non-hydrogen) atoms. The van der Waals surface area contributed by atoms with Gasteiger partial charge in [-0.3, -0.25) is 19.3 Å². The zero-order chi connectivity index (χ0) is 19.6. The van der Waals surface area contributed by atoms with Gasteiger partial charge in [-0.05, 0) is 37.5 Å². The van der Waals surface area contributed by atoms with Crippen LogP contribution >= 0.6 is 0 Å². The highest BCUT2D eigenvalue weighted by Gasteiger charge is 2.33. The smallest absolute Gasteiger partial charge is 0.305 e. The Kier molecular flexibility index (Phi) is 7.75. The van der Waals surface area contributed by atoms with Crippen LogP contribution in [0.5, 0.6) is 0 Å². The number of nitrogens with zero attached hydrogens (tertiary/aromatic N) is 2. The molecule has 6 nitrogen and oxygen atoms in total. The molecule has 0 atom stereocenters. The molecule has 0 bridgehead atoms.